The first kappa shape index (κ1) is 16.2. The Hall–Kier alpha value is 0.746. The molecule has 3 heteroatoms. The summed E-state index contributed by atoms with van der Waals surface area (Å²) in [5, 5.41) is 8.83. The summed E-state index contributed by atoms with van der Waals surface area (Å²) < 4.78 is 0. The maximum atomic E-state index is 8.83. The average molecular weight is 207 g/mol. The largest absolute Gasteiger partial charge is 0.265 e. The predicted molar refractivity (Wildman–Crippen MR) is 58.0 cm³/mol. The van der Waals surface area contributed by atoms with E-state index in [0.717, 1.165) is 6.42 Å². The van der Waals surface area contributed by atoms with Gasteiger partial charge in [0.25, 0.3) is 0 Å². The molecule has 1 N–H and O–H groups in total. The molecule has 0 aromatic carbocycles. The molecule has 2 nitrogen and oxygen atoms in total. The Morgan fingerprint density at radius 1 is 1.15 bits per heavy atom. The summed E-state index contributed by atoms with van der Waals surface area (Å²) in [5.41, 5.74) is -0.458. The summed E-state index contributed by atoms with van der Waals surface area (Å²) in [6.45, 7) is 5.56. The zero-order valence-corrected chi connectivity index (χ0v) is 7.99. The maximum absolute atomic E-state index is 8.83. The maximum Gasteiger partial charge on any atom is 0.0267 e. The second-order valence-corrected chi connectivity index (χ2v) is 3.19. The van der Waals surface area contributed by atoms with Gasteiger partial charge in [0, 0.05) is 12.4 Å². The van der Waals surface area contributed by atoms with E-state index < -0.39 is 5.60 Å². The number of hydrogen-bond donors (Lipinski definition) is 1. The standard InChI is InChI=1S/C5H5N.C5H12O.K.H/c1-2-4-6-5-3-1;1-4-5(2,3)6;;/h1-5H;6H,4H2,1-3H3;;. The van der Waals surface area contributed by atoms with Crippen molar-refractivity contribution in [2.75, 3.05) is 0 Å². The summed E-state index contributed by atoms with van der Waals surface area (Å²) in [6, 6.07) is 5.72. The minimum atomic E-state index is -0.458. The fourth-order valence-electron chi connectivity index (χ4n) is 0.313. The van der Waals surface area contributed by atoms with Crippen LogP contribution in [0.25, 0.3) is 0 Å². The second kappa shape index (κ2) is 9.31. The third kappa shape index (κ3) is 15.5. The van der Waals surface area contributed by atoms with Crippen molar-refractivity contribution in [3.63, 3.8) is 0 Å². The fourth-order valence-corrected chi connectivity index (χ4v) is 0.313. The SMILES string of the molecule is CCC(C)(C)O.[KH].c1ccncc1. The van der Waals surface area contributed by atoms with Gasteiger partial charge in [-0.25, -0.2) is 0 Å². The van der Waals surface area contributed by atoms with Crippen LogP contribution in [0.15, 0.2) is 30.6 Å². The molecular weight excluding hydrogens is 189 g/mol. The molecule has 0 amide bonds. The van der Waals surface area contributed by atoms with Crippen molar-refractivity contribution in [3.05, 3.63) is 30.6 Å². The van der Waals surface area contributed by atoms with Gasteiger partial charge >= 0.3 is 51.4 Å². The Labute approximate surface area is 123 Å². The summed E-state index contributed by atoms with van der Waals surface area (Å²) in [5.74, 6) is 0. The van der Waals surface area contributed by atoms with Gasteiger partial charge in [-0.2, -0.15) is 0 Å². The number of rotatable bonds is 1. The topological polar surface area (TPSA) is 33.1 Å². The molecule has 1 aromatic heterocycles. The third-order valence-electron chi connectivity index (χ3n) is 1.43. The predicted octanol–water partition coefficient (Wildman–Crippen LogP) is 1.60. The first-order valence-corrected chi connectivity index (χ1v) is 4.13. The monoisotopic (exact) mass is 207 g/mol. The average Bonchev–Trinajstić information content (AvgIpc) is 2.07. The van der Waals surface area contributed by atoms with E-state index in [2.05, 4.69) is 4.98 Å². The fraction of sp³-hybridized carbons (Fsp3) is 0.500. The minimum absolute atomic E-state index is 0. The van der Waals surface area contributed by atoms with Crippen LogP contribution in [0.5, 0.6) is 0 Å². The molecule has 1 heterocycles. The molecule has 70 valence electrons. The van der Waals surface area contributed by atoms with E-state index in [9.17, 15) is 0 Å². The second-order valence-electron chi connectivity index (χ2n) is 3.19. The van der Waals surface area contributed by atoms with E-state index in [4.69, 9.17) is 5.11 Å². The number of aromatic nitrogens is 1. The molecule has 1 aromatic rings. The van der Waals surface area contributed by atoms with Gasteiger partial charge in [-0.1, -0.05) is 13.0 Å². The molecule has 0 saturated carbocycles. The molecule has 0 bridgehead atoms. The van der Waals surface area contributed by atoms with Crippen LogP contribution in [0, 0.1) is 0 Å². The van der Waals surface area contributed by atoms with E-state index in [1.807, 2.05) is 25.1 Å². The number of hydrogen-bond acceptors (Lipinski definition) is 2. The van der Waals surface area contributed by atoms with E-state index in [1.165, 1.54) is 0 Å². The van der Waals surface area contributed by atoms with Gasteiger partial charge < -0.3 is 5.11 Å². The first-order chi connectivity index (χ1) is 5.56. The summed E-state index contributed by atoms with van der Waals surface area (Å²) in [7, 11) is 0. The smallest absolute Gasteiger partial charge is 0.0267 e. The quantitative estimate of drug-likeness (QED) is 0.710. The Balaban J connectivity index is 0. The Bertz CT molecular complexity index is 157. The van der Waals surface area contributed by atoms with Crippen LogP contribution >= 0.6 is 0 Å². The summed E-state index contributed by atoms with van der Waals surface area (Å²) >= 11 is 0. The molecule has 0 aliphatic rings. The summed E-state index contributed by atoms with van der Waals surface area (Å²) in [6.07, 6.45) is 4.33. The van der Waals surface area contributed by atoms with Gasteiger partial charge in [0.05, 0.1) is 5.60 Å². The van der Waals surface area contributed by atoms with Gasteiger partial charge in [-0.3, -0.25) is 4.98 Å². The van der Waals surface area contributed by atoms with Gasteiger partial charge in [-0.15, -0.1) is 0 Å². The van der Waals surface area contributed by atoms with Crippen molar-refractivity contribution in [1.29, 1.82) is 0 Å². The Morgan fingerprint density at radius 3 is 1.62 bits per heavy atom. The Morgan fingerprint density at radius 2 is 1.54 bits per heavy atom. The van der Waals surface area contributed by atoms with Crippen LogP contribution in [0.3, 0.4) is 0 Å². The van der Waals surface area contributed by atoms with E-state index in [0.29, 0.717) is 0 Å². The molecule has 0 aliphatic heterocycles. The molecular formula is C10H18KNO. The Kier molecular flexibility index (Phi) is 11.6. The van der Waals surface area contributed by atoms with Crippen LogP contribution in [-0.2, 0) is 0 Å². The number of aliphatic hydroxyl groups is 1. The van der Waals surface area contributed by atoms with Crippen LogP contribution in [0.2, 0.25) is 0 Å². The van der Waals surface area contributed by atoms with Crippen LogP contribution < -0.4 is 0 Å². The molecule has 0 spiro atoms. The van der Waals surface area contributed by atoms with Crippen molar-refractivity contribution in [2.45, 2.75) is 32.8 Å². The molecule has 1 rings (SSSR count). The van der Waals surface area contributed by atoms with Gasteiger partial charge in [0.2, 0.25) is 0 Å². The van der Waals surface area contributed by atoms with E-state index in [1.54, 1.807) is 26.2 Å². The molecule has 0 aliphatic carbocycles. The number of pyridine rings is 1. The van der Waals surface area contributed by atoms with Crippen molar-refractivity contribution < 1.29 is 5.11 Å². The molecule has 0 saturated heterocycles. The van der Waals surface area contributed by atoms with Gasteiger partial charge in [0.15, 0.2) is 0 Å². The zero-order chi connectivity index (χ0) is 9.45. The number of nitrogens with zero attached hydrogens (tertiary/aromatic N) is 1. The molecule has 13 heavy (non-hydrogen) atoms. The summed E-state index contributed by atoms with van der Waals surface area (Å²) in [4.78, 5) is 3.78. The first-order valence-electron chi connectivity index (χ1n) is 4.13. The molecule has 0 fully saturated rings. The van der Waals surface area contributed by atoms with Crippen molar-refractivity contribution in [2.24, 2.45) is 0 Å². The van der Waals surface area contributed by atoms with E-state index in [-0.39, 0.29) is 51.4 Å². The van der Waals surface area contributed by atoms with Crippen LogP contribution in [0.1, 0.15) is 27.2 Å². The zero-order valence-electron chi connectivity index (χ0n) is 7.99. The van der Waals surface area contributed by atoms with Crippen molar-refractivity contribution >= 4 is 51.4 Å². The van der Waals surface area contributed by atoms with Crippen LogP contribution in [0.4, 0.5) is 0 Å². The molecule has 0 unspecified atom stereocenters. The van der Waals surface area contributed by atoms with E-state index >= 15 is 0 Å². The van der Waals surface area contributed by atoms with Crippen LogP contribution in [-0.4, -0.2) is 67.1 Å². The van der Waals surface area contributed by atoms with Crippen molar-refractivity contribution in [3.8, 4) is 0 Å². The van der Waals surface area contributed by atoms with Gasteiger partial charge in [-0.05, 0) is 32.4 Å². The van der Waals surface area contributed by atoms with Crippen molar-refractivity contribution in [1.82, 2.24) is 4.98 Å². The third-order valence-corrected chi connectivity index (χ3v) is 1.43. The molecule has 0 radical (unpaired) electrons. The van der Waals surface area contributed by atoms with Gasteiger partial charge in [0.1, 0.15) is 0 Å². The minimum Gasteiger partial charge on any atom is -0.265 e. The molecule has 0 atom stereocenters. The normalized spacial score (nSPS) is 9.23.